The van der Waals surface area contributed by atoms with Gasteiger partial charge in [-0.15, -0.1) is 0 Å². The van der Waals surface area contributed by atoms with Crippen molar-refractivity contribution in [3.63, 3.8) is 0 Å². The summed E-state index contributed by atoms with van der Waals surface area (Å²) in [4.78, 5) is 0. The van der Waals surface area contributed by atoms with Gasteiger partial charge in [-0.25, -0.2) is 0 Å². The maximum atomic E-state index is 7.00. The Hall–Kier alpha value is -0.0400. The van der Waals surface area contributed by atoms with Gasteiger partial charge in [-0.2, -0.15) is 0 Å². The Kier molecular flexibility index (Phi) is 3.57. The van der Waals surface area contributed by atoms with Crippen LogP contribution < -0.4 is 0 Å². The molecule has 1 saturated heterocycles. The molecule has 0 aromatic heterocycles. The van der Waals surface area contributed by atoms with Crippen LogP contribution in [0, 0.1) is 22.7 Å². The molecule has 5 unspecified atom stereocenters. The number of rotatable bonds is 1. The first-order chi connectivity index (χ1) is 9.69. The van der Waals surface area contributed by atoms with Gasteiger partial charge < -0.3 is 4.74 Å². The minimum Gasteiger partial charge on any atom is -0.368 e. The summed E-state index contributed by atoms with van der Waals surface area (Å²) in [5, 5.41) is 0. The molecule has 0 bridgehead atoms. The lowest BCUT2D eigenvalue weighted by Gasteiger charge is -2.64. The van der Waals surface area contributed by atoms with E-state index in [1.54, 1.807) is 0 Å². The molecule has 1 heterocycles. The van der Waals surface area contributed by atoms with Crippen molar-refractivity contribution in [1.82, 2.24) is 0 Å². The molecule has 2 aliphatic carbocycles. The van der Waals surface area contributed by atoms with Crippen LogP contribution in [0.4, 0.5) is 0 Å². The monoisotopic (exact) mass is 292 g/mol. The van der Waals surface area contributed by atoms with Gasteiger partial charge in [-0.1, -0.05) is 41.0 Å². The molecule has 1 heteroatoms. The van der Waals surface area contributed by atoms with Gasteiger partial charge in [0.25, 0.3) is 0 Å². The van der Waals surface area contributed by atoms with E-state index < -0.39 is 0 Å². The highest BCUT2D eigenvalue weighted by molar-refractivity contribution is 5.15. The summed E-state index contributed by atoms with van der Waals surface area (Å²) < 4.78 is 7.00. The minimum atomic E-state index is 0.126. The molecule has 0 amide bonds. The Labute approximate surface area is 132 Å². The lowest BCUT2D eigenvalue weighted by Crippen LogP contribution is -2.62. The number of hydrogen-bond acceptors (Lipinski definition) is 1. The SMILES string of the molecule is CCC1(C)CCC2(O1)C(C)CCC1C(C)(C)CCCC12C. The minimum absolute atomic E-state index is 0.126. The highest BCUT2D eigenvalue weighted by atomic mass is 16.5. The third-order valence-electron chi connectivity index (χ3n) is 8.08. The second kappa shape index (κ2) is 4.73. The third kappa shape index (κ3) is 2.06. The molecule has 1 aliphatic heterocycles. The Morgan fingerprint density at radius 3 is 2.29 bits per heavy atom. The van der Waals surface area contributed by atoms with Crippen molar-refractivity contribution in [2.45, 2.75) is 104 Å². The summed E-state index contributed by atoms with van der Waals surface area (Å²) in [5.41, 5.74) is 1.16. The topological polar surface area (TPSA) is 9.23 Å². The number of ether oxygens (including phenoxy) is 1. The highest BCUT2D eigenvalue weighted by Crippen LogP contribution is 2.67. The van der Waals surface area contributed by atoms with E-state index in [1.165, 1.54) is 44.9 Å². The zero-order valence-electron chi connectivity index (χ0n) is 15.2. The van der Waals surface area contributed by atoms with Gasteiger partial charge >= 0.3 is 0 Å². The average molecular weight is 293 g/mol. The molecule has 3 rings (SSSR count). The standard InChI is InChI=1S/C20H36O/c1-7-18(5)13-14-20(21-18)15(2)9-10-16-17(3,4)11-8-12-19(16,20)6/h15-16H,7-14H2,1-6H3. The molecule has 21 heavy (non-hydrogen) atoms. The van der Waals surface area contributed by atoms with Gasteiger partial charge in [0.1, 0.15) is 0 Å². The second-order valence-corrected chi connectivity index (χ2v) is 9.59. The molecular weight excluding hydrogens is 256 g/mol. The molecule has 122 valence electrons. The van der Waals surface area contributed by atoms with Crippen LogP contribution in [0.3, 0.4) is 0 Å². The Morgan fingerprint density at radius 2 is 1.67 bits per heavy atom. The molecule has 3 fully saturated rings. The summed E-state index contributed by atoms with van der Waals surface area (Å²) in [6.45, 7) is 14.8. The fourth-order valence-corrected chi connectivity index (χ4v) is 6.54. The van der Waals surface area contributed by atoms with Crippen molar-refractivity contribution >= 4 is 0 Å². The molecule has 0 aromatic rings. The van der Waals surface area contributed by atoms with Crippen LogP contribution in [0.1, 0.15) is 92.9 Å². The lowest BCUT2D eigenvalue weighted by atomic mass is 9.44. The van der Waals surface area contributed by atoms with E-state index in [0.717, 1.165) is 18.3 Å². The van der Waals surface area contributed by atoms with Crippen molar-refractivity contribution in [3.05, 3.63) is 0 Å². The van der Waals surface area contributed by atoms with Crippen molar-refractivity contribution in [2.75, 3.05) is 0 Å². The van der Waals surface area contributed by atoms with Crippen molar-refractivity contribution < 1.29 is 4.74 Å². The second-order valence-electron chi connectivity index (χ2n) is 9.59. The van der Waals surface area contributed by atoms with E-state index in [9.17, 15) is 0 Å². The van der Waals surface area contributed by atoms with E-state index in [0.29, 0.717) is 10.8 Å². The molecule has 1 spiro atoms. The lowest BCUT2D eigenvalue weighted by molar-refractivity contribution is -0.244. The maximum Gasteiger partial charge on any atom is 0.0772 e. The van der Waals surface area contributed by atoms with E-state index >= 15 is 0 Å². The zero-order chi connectivity index (χ0) is 15.5. The molecule has 2 saturated carbocycles. The van der Waals surface area contributed by atoms with Crippen LogP contribution in [0.2, 0.25) is 0 Å². The molecule has 0 radical (unpaired) electrons. The molecule has 0 aromatic carbocycles. The summed E-state index contributed by atoms with van der Waals surface area (Å²) in [5.74, 6) is 1.56. The fraction of sp³-hybridized carbons (Fsp3) is 1.00. The van der Waals surface area contributed by atoms with E-state index in [2.05, 4.69) is 41.5 Å². The maximum absolute atomic E-state index is 7.00. The molecule has 0 N–H and O–H groups in total. The zero-order valence-corrected chi connectivity index (χ0v) is 15.2. The van der Waals surface area contributed by atoms with Gasteiger partial charge in [0.05, 0.1) is 11.2 Å². The Bertz CT molecular complexity index is 414. The summed E-state index contributed by atoms with van der Waals surface area (Å²) in [6.07, 6.45) is 10.7. The molecule has 5 atom stereocenters. The molecule has 3 aliphatic rings. The normalized spacial score (nSPS) is 52.9. The fourth-order valence-electron chi connectivity index (χ4n) is 6.54. The highest BCUT2D eigenvalue weighted by Gasteiger charge is 2.65. The van der Waals surface area contributed by atoms with Crippen molar-refractivity contribution in [2.24, 2.45) is 22.7 Å². The van der Waals surface area contributed by atoms with Gasteiger partial charge in [-0.3, -0.25) is 0 Å². The summed E-state index contributed by atoms with van der Waals surface area (Å²) >= 11 is 0. The first-order valence-corrected chi connectivity index (χ1v) is 9.39. The van der Waals surface area contributed by atoms with Crippen molar-refractivity contribution in [1.29, 1.82) is 0 Å². The van der Waals surface area contributed by atoms with Crippen LogP contribution in [-0.2, 0) is 4.74 Å². The molecule has 1 nitrogen and oxygen atoms in total. The Morgan fingerprint density at radius 1 is 0.952 bits per heavy atom. The van der Waals surface area contributed by atoms with E-state index in [4.69, 9.17) is 4.74 Å². The van der Waals surface area contributed by atoms with Crippen LogP contribution in [0.15, 0.2) is 0 Å². The van der Waals surface area contributed by atoms with Crippen LogP contribution in [0.25, 0.3) is 0 Å². The Balaban J connectivity index is 2.02. The largest absolute Gasteiger partial charge is 0.368 e. The first-order valence-electron chi connectivity index (χ1n) is 9.39. The van der Waals surface area contributed by atoms with Crippen molar-refractivity contribution in [3.8, 4) is 0 Å². The predicted molar refractivity (Wildman–Crippen MR) is 89.4 cm³/mol. The van der Waals surface area contributed by atoms with Gasteiger partial charge in [0, 0.05) is 5.41 Å². The van der Waals surface area contributed by atoms with Crippen LogP contribution in [0.5, 0.6) is 0 Å². The van der Waals surface area contributed by atoms with E-state index in [1.807, 2.05) is 0 Å². The van der Waals surface area contributed by atoms with Gasteiger partial charge in [-0.05, 0) is 69.1 Å². The average Bonchev–Trinajstić information content (AvgIpc) is 2.76. The quantitative estimate of drug-likeness (QED) is 0.579. The van der Waals surface area contributed by atoms with Crippen LogP contribution in [-0.4, -0.2) is 11.2 Å². The number of fused-ring (bicyclic) bond motifs is 2. The summed E-state index contributed by atoms with van der Waals surface area (Å²) in [7, 11) is 0. The smallest absolute Gasteiger partial charge is 0.0772 e. The first kappa shape index (κ1) is 15.8. The molecular formula is C20H36O. The number of hydrogen-bond donors (Lipinski definition) is 0. The summed E-state index contributed by atoms with van der Waals surface area (Å²) in [6, 6.07) is 0. The van der Waals surface area contributed by atoms with E-state index in [-0.39, 0.29) is 11.2 Å². The van der Waals surface area contributed by atoms with Crippen LogP contribution >= 0.6 is 0 Å². The predicted octanol–water partition coefficient (Wildman–Crippen LogP) is 5.97. The third-order valence-corrected chi connectivity index (χ3v) is 8.08. The van der Waals surface area contributed by atoms with Gasteiger partial charge in [0.15, 0.2) is 0 Å². The van der Waals surface area contributed by atoms with Gasteiger partial charge in [0.2, 0.25) is 0 Å².